The van der Waals surface area contributed by atoms with Crippen LogP contribution in [0.15, 0.2) is 29.5 Å². The van der Waals surface area contributed by atoms with Crippen molar-refractivity contribution < 1.29 is 35.1 Å². The van der Waals surface area contributed by atoms with E-state index in [-0.39, 0.29) is 28.3 Å². The highest BCUT2D eigenvalue weighted by atomic mass is 16.3. The lowest BCUT2D eigenvalue weighted by Gasteiger charge is -2.51. The van der Waals surface area contributed by atoms with Crippen molar-refractivity contribution in [1.29, 1.82) is 0 Å². The Hall–Kier alpha value is -3.21. The van der Waals surface area contributed by atoms with E-state index in [1.54, 1.807) is 12.1 Å². The Morgan fingerprint density at radius 1 is 1.30 bits per heavy atom. The summed E-state index contributed by atoms with van der Waals surface area (Å²) < 4.78 is 0. The van der Waals surface area contributed by atoms with Gasteiger partial charge in [-0.2, -0.15) is 5.10 Å². The van der Waals surface area contributed by atoms with E-state index < -0.39 is 58.6 Å². The number of carbonyl (C=O) groups is 2. The number of rotatable bonds is 1. The molecule has 5 atom stereocenters. The molecule has 1 heterocycles. The van der Waals surface area contributed by atoms with Gasteiger partial charge in [0.15, 0.2) is 5.60 Å². The highest BCUT2D eigenvalue weighted by molar-refractivity contribution is 6.23. The maximum Gasteiger partial charge on any atom is 0.255 e. The van der Waals surface area contributed by atoms with Crippen molar-refractivity contribution in [1.82, 2.24) is 10.2 Å². The molecule has 0 bridgehead atoms. The van der Waals surface area contributed by atoms with Gasteiger partial charge in [-0.15, -0.1) is 0 Å². The zero-order valence-corrected chi connectivity index (χ0v) is 15.7. The van der Waals surface area contributed by atoms with E-state index in [0.29, 0.717) is 5.56 Å². The van der Waals surface area contributed by atoms with Crippen LogP contribution in [0.4, 0.5) is 0 Å². The first-order valence-corrected chi connectivity index (χ1v) is 9.34. The van der Waals surface area contributed by atoms with Crippen molar-refractivity contribution in [2.24, 2.45) is 11.7 Å². The predicted molar refractivity (Wildman–Crippen MR) is 99.9 cm³/mol. The topological polar surface area (TPSA) is 190 Å². The summed E-state index contributed by atoms with van der Waals surface area (Å²) in [5, 5.41) is 61.6. The minimum atomic E-state index is -2.43. The van der Waals surface area contributed by atoms with Gasteiger partial charge >= 0.3 is 0 Å². The number of Topliss-reactive ketones (excluding diaryl/α,β-unsaturated/α-hetero) is 1. The molecule has 8 N–H and O–H groups in total. The summed E-state index contributed by atoms with van der Waals surface area (Å²) in [6, 6.07) is 4.55. The van der Waals surface area contributed by atoms with Gasteiger partial charge in [0, 0.05) is 23.8 Å². The SMILES string of the molecule is C[C@@]1(O)c2cccc(O)c2-c2n[nH]c3c2C1C(O)C1CC(O)=C(C(N)=O)C(=O)C31O. The average Bonchev–Trinajstić information content (AvgIpc) is 3.08. The number of nitrogens with two attached hydrogens (primary N) is 1. The van der Waals surface area contributed by atoms with Gasteiger partial charge in [0.1, 0.15) is 22.8 Å². The van der Waals surface area contributed by atoms with Gasteiger partial charge in [-0.3, -0.25) is 14.7 Å². The number of phenols is 1. The maximum atomic E-state index is 13.1. The average molecular weight is 413 g/mol. The van der Waals surface area contributed by atoms with E-state index in [2.05, 4.69) is 10.2 Å². The van der Waals surface area contributed by atoms with Crippen LogP contribution in [0.3, 0.4) is 0 Å². The van der Waals surface area contributed by atoms with Crippen molar-refractivity contribution >= 4 is 11.7 Å². The number of fused-ring (bicyclic) bond motifs is 4. The molecule has 5 rings (SSSR count). The summed E-state index contributed by atoms with van der Waals surface area (Å²) in [5.74, 6) is -5.46. The van der Waals surface area contributed by atoms with Gasteiger partial charge in [-0.05, 0) is 18.6 Å². The van der Waals surface area contributed by atoms with Gasteiger partial charge in [-0.1, -0.05) is 12.1 Å². The summed E-state index contributed by atoms with van der Waals surface area (Å²) in [5.41, 5.74) is 1.12. The van der Waals surface area contributed by atoms with Crippen LogP contribution in [-0.4, -0.2) is 53.5 Å². The van der Waals surface area contributed by atoms with Crippen LogP contribution in [0, 0.1) is 5.92 Å². The van der Waals surface area contributed by atoms with Crippen LogP contribution in [0.1, 0.15) is 36.1 Å². The van der Waals surface area contributed by atoms with E-state index >= 15 is 0 Å². The number of phenolic OH excluding ortho intramolecular Hbond substituents is 1. The lowest BCUT2D eigenvalue weighted by Crippen LogP contribution is -2.60. The molecule has 2 aromatic rings. The first-order valence-electron chi connectivity index (χ1n) is 9.34. The normalized spacial score (nSPS) is 34.3. The molecule has 0 fully saturated rings. The molecular formula is C20H19N3O7. The Kier molecular flexibility index (Phi) is 3.43. The Bertz CT molecular complexity index is 1180. The number of aliphatic hydroxyl groups excluding tert-OH is 2. The molecule has 156 valence electrons. The van der Waals surface area contributed by atoms with Gasteiger partial charge in [-0.25, -0.2) is 0 Å². The fourth-order valence-corrected chi connectivity index (χ4v) is 5.40. The lowest BCUT2D eigenvalue weighted by molar-refractivity contribution is -0.164. The van der Waals surface area contributed by atoms with E-state index in [4.69, 9.17) is 5.73 Å². The number of aromatic amines is 1. The quantitative estimate of drug-likeness (QED) is 0.305. The first kappa shape index (κ1) is 18.8. The van der Waals surface area contributed by atoms with E-state index in [0.717, 1.165) is 0 Å². The molecule has 0 aliphatic heterocycles. The number of nitrogens with one attached hydrogen (secondary N) is 1. The number of ketones is 1. The molecule has 1 aromatic carbocycles. The fraction of sp³-hybridized carbons (Fsp3) is 0.350. The largest absolute Gasteiger partial charge is 0.511 e. The highest BCUT2D eigenvalue weighted by Gasteiger charge is 2.65. The van der Waals surface area contributed by atoms with Crippen LogP contribution in [0.25, 0.3) is 11.3 Å². The number of H-pyrrole nitrogens is 1. The first-order chi connectivity index (χ1) is 14.0. The predicted octanol–water partition coefficient (Wildman–Crippen LogP) is -0.465. The van der Waals surface area contributed by atoms with Crippen molar-refractivity contribution in [3.05, 3.63) is 46.4 Å². The van der Waals surface area contributed by atoms with Gasteiger partial charge in [0.2, 0.25) is 5.78 Å². The molecule has 1 aromatic heterocycles. The third-order valence-electron chi connectivity index (χ3n) is 6.74. The number of carbonyl (C=O) groups excluding carboxylic acids is 2. The molecule has 1 amide bonds. The zero-order valence-electron chi connectivity index (χ0n) is 15.7. The molecule has 3 aliphatic carbocycles. The van der Waals surface area contributed by atoms with Crippen molar-refractivity contribution in [3.63, 3.8) is 0 Å². The number of hydrogen-bond donors (Lipinski definition) is 7. The Morgan fingerprint density at radius 3 is 2.67 bits per heavy atom. The zero-order chi connectivity index (χ0) is 21.7. The third kappa shape index (κ3) is 1.91. The summed E-state index contributed by atoms with van der Waals surface area (Å²) in [6.07, 6.45) is -1.90. The third-order valence-corrected chi connectivity index (χ3v) is 6.74. The van der Waals surface area contributed by atoms with Gasteiger partial charge in [0.05, 0.1) is 23.0 Å². The second-order valence-corrected chi connectivity index (χ2v) is 8.27. The summed E-state index contributed by atoms with van der Waals surface area (Å²) in [7, 11) is 0. The van der Waals surface area contributed by atoms with E-state index in [1.165, 1.54) is 13.0 Å². The number of hydrogen-bond acceptors (Lipinski definition) is 8. The lowest BCUT2D eigenvalue weighted by atomic mass is 9.55. The van der Waals surface area contributed by atoms with Crippen LogP contribution in [0.2, 0.25) is 0 Å². The smallest absolute Gasteiger partial charge is 0.255 e. The molecule has 0 spiro atoms. The van der Waals surface area contributed by atoms with Crippen LogP contribution < -0.4 is 5.73 Å². The second-order valence-electron chi connectivity index (χ2n) is 8.27. The Labute approximate surface area is 169 Å². The van der Waals surface area contributed by atoms with Crippen LogP contribution in [-0.2, 0) is 20.8 Å². The minimum Gasteiger partial charge on any atom is -0.511 e. The molecule has 3 aliphatic rings. The molecular weight excluding hydrogens is 394 g/mol. The number of amides is 1. The summed E-state index contributed by atoms with van der Waals surface area (Å²) >= 11 is 0. The van der Waals surface area contributed by atoms with Crippen LogP contribution >= 0.6 is 0 Å². The molecule has 0 saturated carbocycles. The monoisotopic (exact) mass is 413 g/mol. The molecule has 10 nitrogen and oxygen atoms in total. The molecule has 0 radical (unpaired) electrons. The number of aromatic hydroxyl groups is 1. The standard InChI is InChI=1S/C20H19N3O7/c1-19(29)6-3-2-4-8(24)10(6)14-12-13(19)15(26)7-5-9(25)11(18(21)28)17(27)20(7,30)16(12)23-22-14/h2-4,7,13,15,24-26,29-30H,5H2,1H3,(H2,21,28)(H,22,23)/t7?,13?,15?,19-,20?/m1/s1. The van der Waals surface area contributed by atoms with Crippen molar-refractivity contribution in [3.8, 4) is 17.0 Å². The number of nitrogens with zero attached hydrogens (tertiary/aromatic N) is 1. The maximum absolute atomic E-state index is 13.1. The molecule has 30 heavy (non-hydrogen) atoms. The number of primary amides is 1. The van der Waals surface area contributed by atoms with E-state index in [1.807, 2.05) is 0 Å². The Morgan fingerprint density at radius 2 is 2.00 bits per heavy atom. The Balaban J connectivity index is 1.85. The van der Waals surface area contributed by atoms with Gasteiger partial charge < -0.3 is 31.3 Å². The molecule has 4 unspecified atom stereocenters. The van der Waals surface area contributed by atoms with Crippen molar-refractivity contribution in [2.75, 3.05) is 0 Å². The molecule has 10 heteroatoms. The van der Waals surface area contributed by atoms with Crippen LogP contribution in [0.5, 0.6) is 5.75 Å². The number of aliphatic hydroxyl groups is 4. The molecule has 0 saturated heterocycles. The number of allylic oxidation sites excluding steroid dienone is 1. The summed E-state index contributed by atoms with van der Waals surface area (Å²) in [4.78, 5) is 24.8. The fourth-order valence-electron chi connectivity index (χ4n) is 5.40. The number of benzene rings is 1. The minimum absolute atomic E-state index is 0.108. The van der Waals surface area contributed by atoms with Gasteiger partial charge in [0.25, 0.3) is 5.91 Å². The van der Waals surface area contributed by atoms with E-state index in [9.17, 15) is 35.1 Å². The number of aromatic nitrogens is 2. The summed E-state index contributed by atoms with van der Waals surface area (Å²) in [6.45, 7) is 1.46. The van der Waals surface area contributed by atoms with Crippen molar-refractivity contribution in [2.45, 2.75) is 36.6 Å². The highest BCUT2D eigenvalue weighted by Crippen LogP contribution is 2.61. The second kappa shape index (κ2) is 5.48.